The van der Waals surface area contributed by atoms with Crippen LogP contribution in [0.15, 0.2) is 29.4 Å². The van der Waals surface area contributed by atoms with Gasteiger partial charge in [-0.2, -0.15) is 13.8 Å². The maximum absolute atomic E-state index is 13.9. The van der Waals surface area contributed by atoms with Crippen LogP contribution in [0.5, 0.6) is 0 Å². The summed E-state index contributed by atoms with van der Waals surface area (Å²) in [5.74, 6) is -3.79. The van der Waals surface area contributed by atoms with Gasteiger partial charge in [0.05, 0.1) is 17.2 Å². The molecule has 112 valence electrons. The highest BCUT2D eigenvalue weighted by atomic mass is 32.2. The minimum atomic E-state index is -3.14. The molecule has 0 amide bonds. The molecule has 3 rings (SSSR count). The molecule has 2 aromatic rings. The first-order chi connectivity index (χ1) is 9.97. The second-order valence-electron chi connectivity index (χ2n) is 4.53. The highest BCUT2D eigenvalue weighted by Crippen LogP contribution is 2.40. The second-order valence-corrected chi connectivity index (χ2v) is 5.85. The average Bonchev–Trinajstić information content (AvgIpc) is 2.99. The number of aromatic nitrogens is 3. The predicted molar refractivity (Wildman–Crippen MR) is 65.4 cm³/mol. The molecule has 0 saturated carbocycles. The van der Waals surface area contributed by atoms with Crippen LogP contribution < -0.4 is 0 Å². The number of alkyl halides is 3. The number of nitrogens with zero attached hydrogens (tertiary/aromatic N) is 3. The van der Waals surface area contributed by atoms with Gasteiger partial charge in [0.15, 0.2) is 12.0 Å². The van der Waals surface area contributed by atoms with Gasteiger partial charge < -0.3 is 4.55 Å². The topological polar surface area (TPSA) is 53.8 Å². The number of hydrogen-bond donors (Lipinski definition) is 0. The Morgan fingerprint density at radius 2 is 2.14 bits per heavy atom. The summed E-state index contributed by atoms with van der Waals surface area (Å²) in [7, 11) is 0. The molecule has 21 heavy (non-hydrogen) atoms. The van der Waals surface area contributed by atoms with Crippen LogP contribution >= 0.6 is 0 Å². The average molecular weight is 319 g/mol. The first-order valence-electron chi connectivity index (χ1n) is 6.02. The number of benzene rings is 1. The van der Waals surface area contributed by atoms with Gasteiger partial charge >= 0.3 is 10.9 Å². The van der Waals surface area contributed by atoms with Crippen molar-refractivity contribution in [2.45, 2.75) is 29.5 Å². The molecule has 0 spiro atoms. The van der Waals surface area contributed by atoms with Gasteiger partial charge in [0, 0.05) is 6.42 Å². The van der Waals surface area contributed by atoms with E-state index in [9.17, 15) is 22.1 Å². The molecule has 2 heterocycles. The molecule has 0 saturated heterocycles. The van der Waals surface area contributed by atoms with Crippen LogP contribution in [0.4, 0.5) is 17.6 Å². The van der Waals surface area contributed by atoms with E-state index in [1.54, 1.807) is 6.07 Å². The summed E-state index contributed by atoms with van der Waals surface area (Å²) in [6.07, 6.45) is -1.53. The molecule has 9 heteroatoms. The minimum Gasteiger partial charge on any atom is -0.604 e. The van der Waals surface area contributed by atoms with Crippen LogP contribution in [-0.4, -0.2) is 25.1 Å². The Hall–Kier alpha value is -1.61. The van der Waals surface area contributed by atoms with Crippen molar-refractivity contribution < 1.29 is 22.1 Å². The highest BCUT2D eigenvalue weighted by Gasteiger charge is 2.39. The molecular formula is C12H9F4N3OS. The van der Waals surface area contributed by atoms with Gasteiger partial charge in [-0.3, -0.25) is 0 Å². The van der Waals surface area contributed by atoms with Gasteiger partial charge in [0.25, 0.3) is 0 Å². The zero-order valence-electron chi connectivity index (χ0n) is 10.4. The molecule has 0 N–H and O–H groups in total. The molecule has 1 aromatic carbocycles. The van der Waals surface area contributed by atoms with E-state index < -0.39 is 40.1 Å². The van der Waals surface area contributed by atoms with Crippen molar-refractivity contribution >= 4 is 11.2 Å². The lowest BCUT2D eigenvalue weighted by atomic mass is 10.0. The lowest BCUT2D eigenvalue weighted by molar-refractivity contribution is 0.233. The van der Waals surface area contributed by atoms with Gasteiger partial charge in [0.2, 0.25) is 0 Å². The SMILES string of the molecule is [O-][S+](c1nc2n(n1)[C@H](c1cccc(F)c1)C[C@@H]2F)C(F)F. The zero-order valence-corrected chi connectivity index (χ0v) is 11.2. The Labute approximate surface area is 120 Å². The lowest BCUT2D eigenvalue weighted by Crippen LogP contribution is -2.15. The Balaban J connectivity index is 1.99. The van der Waals surface area contributed by atoms with Crippen LogP contribution in [0.1, 0.15) is 30.0 Å². The first kappa shape index (κ1) is 14.3. The van der Waals surface area contributed by atoms with E-state index in [0.717, 1.165) is 4.68 Å². The maximum atomic E-state index is 13.9. The van der Waals surface area contributed by atoms with Crippen molar-refractivity contribution in [2.24, 2.45) is 0 Å². The van der Waals surface area contributed by atoms with Crippen molar-refractivity contribution in [1.82, 2.24) is 14.8 Å². The molecule has 0 bridgehead atoms. The van der Waals surface area contributed by atoms with Crippen LogP contribution in [0.25, 0.3) is 0 Å². The minimum absolute atomic E-state index is 0.0135. The largest absolute Gasteiger partial charge is 0.604 e. The van der Waals surface area contributed by atoms with E-state index in [0.29, 0.717) is 5.56 Å². The quantitative estimate of drug-likeness (QED) is 0.646. The Kier molecular flexibility index (Phi) is 3.62. The summed E-state index contributed by atoms with van der Waals surface area (Å²) in [6.45, 7) is 0. The molecule has 0 fully saturated rings. The normalized spacial score (nSPS) is 22.6. The zero-order chi connectivity index (χ0) is 15.1. The van der Waals surface area contributed by atoms with Gasteiger partial charge in [-0.1, -0.05) is 12.1 Å². The maximum Gasteiger partial charge on any atom is 0.405 e. The van der Waals surface area contributed by atoms with Crippen LogP contribution in [0, 0.1) is 5.82 Å². The second kappa shape index (κ2) is 5.30. The molecule has 0 radical (unpaired) electrons. The Morgan fingerprint density at radius 3 is 2.81 bits per heavy atom. The molecule has 1 aliphatic heterocycles. The smallest absolute Gasteiger partial charge is 0.405 e. The van der Waals surface area contributed by atoms with Crippen molar-refractivity contribution in [3.05, 3.63) is 41.5 Å². The number of hydrogen-bond acceptors (Lipinski definition) is 3. The summed E-state index contributed by atoms with van der Waals surface area (Å²) < 4.78 is 64.4. The van der Waals surface area contributed by atoms with Gasteiger partial charge in [0.1, 0.15) is 5.82 Å². The fraction of sp³-hybridized carbons (Fsp3) is 0.333. The number of halogens is 4. The molecule has 3 atom stereocenters. The number of fused-ring (bicyclic) bond motifs is 1. The third-order valence-electron chi connectivity index (χ3n) is 3.22. The lowest BCUT2D eigenvalue weighted by Gasteiger charge is -2.11. The molecule has 0 aliphatic carbocycles. The summed E-state index contributed by atoms with van der Waals surface area (Å²) in [5, 5.41) is 3.11. The van der Waals surface area contributed by atoms with Crippen molar-refractivity contribution in [3.63, 3.8) is 0 Å². The van der Waals surface area contributed by atoms with Gasteiger partial charge in [-0.25, -0.2) is 13.5 Å². The first-order valence-corrected chi connectivity index (χ1v) is 7.23. The third-order valence-corrected chi connectivity index (χ3v) is 4.08. The van der Waals surface area contributed by atoms with Crippen LogP contribution in [-0.2, 0) is 11.2 Å². The van der Waals surface area contributed by atoms with Crippen molar-refractivity contribution in [3.8, 4) is 0 Å². The molecular weight excluding hydrogens is 310 g/mol. The van der Waals surface area contributed by atoms with E-state index in [-0.39, 0.29) is 12.2 Å². The van der Waals surface area contributed by atoms with E-state index in [2.05, 4.69) is 10.1 Å². The molecule has 4 nitrogen and oxygen atoms in total. The summed E-state index contributed by atoms with van der Waals surface area (Å²) >= 11 is -2.70. The molecule has 1 aliphatic rings. The van der Waals surface area contributed by atoms with Crippen LogP contribution in [0.2, 0.25) is 0 Å². The fourth-order valence-corrected chi connectivity index (χ4v) is 2.83. The summed E-state index contributed by atoms with van der Waals surface area (Å²) in [5.41, 5.74) is 0.454. The molecule has 1 unspecified atom stereocenters. The van der Waals surface area contributed by atoms with Crippen molar-refractivity contribution in [2.75, 3.05) is 0 Å². The molecule has 1 aromatic heterocycles. The highest BCUT2D eigenvalue weighted by molar-refractivity contribution is 7.91. The predicted octanol–water partition coefficient (Wildman–Crippen LogP) is 2.75. The monoisotopic (exact) mass is 319 g/mol. The van der Waals surface area contributed by atoms with E-state index in [1.807, 2.05) is 0 Å². The summed E-state index contributed by atoms with van der Waals surface area (Å²) in [6, 6.07) is 4.86. The fourth-order valence-electron chi connectivity index (χ4n) is 2.32. The van der Waals surface area contributed by atoms with E-state index >= 15 is 0 Å². The summed E-state index contributed by atoms with van der Waals surface area (Å²) in [4.78, 5) is 3.59. The van der Waals surface area contributed by atoms with Gasteiger partial charge in [-0.15, -0.1) is 5.10 Å². The Bertz CT molecular complexity index is 666. The van der Waals surface area contributed by atoms with Crippen molar-refractivity contribution in [1.29, 1.82) is 0 Å². The van der Waals surface area contributed by atoms with Gasteiger partial charge in [-0.05, 0) is 17.7 Å². The Morgan fingerprint density at radius 1 is 1.38 bits per heavy atom. The third kappa shape index (κ3) is 2.51. The van der Waals surface area contributed by atoms with E-state index in [1.165, 1.54) is 18.2 Å². The standard InChI is InChI=1S/C12H9F4N3OS/c13-7-3-1-2-6(4-7)9-5-8(14)10-17-12(18-19(9)10)21(20)11(15)16/h1-4,8-9,11H,5H2/t8-,9-,21?/m0/s1. The number of rotatable bonds is 3. The van der Waals surface area contributed by atoms with E-state index in [4.69, 9.17) is 0 Å². The van der Waals surface area contributed by atoms with Crippen LogP contribution in [0.3, 0.4) is 0 Å².